The number of carbonyl (C=O) groups is 1. The Morgan fingerprint density at radius 3 is 2.44 bits per heavy atom. The lowest BCUT2D eigenvalue weighted by Gasteiger charge is -2.44. The number of hydrogen-bond acceptors (Lipinski definition) is 5. The first kappa shape index (κ1) is 25.1. The van der Waals surface area contributed by atoms with Crippen LogP contribution in [0, 0.1) is 5.92 Å². The molecule has 0 aromatic heterocycles. The molecule has 3 saturated heterocycles. The van der Waals surface area contributed by atoms with Crippen molar-refractivity contribution in [3.63, 3.8) is 0 Å². The summed E-state index contributed by atoms with van der Waals surface area (Å²) >= 11 is 0. The van der Waals surface area contributed by atoms with E-state index in [-0.39, 0.29) is 11.6 Å². The lowest BCUT2D eigenvalue weighted by Crippen LogP contribution is -2.54. The Labute approximate surface area is 215 Å². The summed E-state index contributed by atoms with van der Waals surface area (Å²) < 4.78 is 5.46. The fourth-order valence-corrected chi connectivity index (χ4v) is 5.87. The Bertz CT molecular complexity index is 1030. The Morgan fingerprint density at radius 1 is 1.06 bits per heavy atom. The number of nitrogens with zero attached hydrogens (tertiary/aromatic N) is 3. The van der Waals surface area contributed by atoms with E-state index in [0.717, 1.165) is 69.1 Å². The van der Waals surface area contributed by atoms with Gasteiger partial charge in [0.05, 0.1) is 19.2 Å². The van der Waals surface area contributed by atoms with Crippen LogP contribution in [0.15, 0.2) is 48.5 Å². The van der Waals surface area contributed by atoms with Gasteiger partial charge in [-0.15, -0.1) is 0 Å². The predicted molar refractivity (Wildman–Crippen MR) is 144 cm³/mol. The van der Waals surface area contributed by atoms with E-state index in [0.29, 0.717) is 18.4 Å². The first-order valence-corrected chi connectivity index (χ1v) is 13.5. The number of anilines is 1. The third kappa shape index (κ3) is 5.24. The highest BCUT2D eigenvalue weighted by molar-refractivity contribution is 5.95. The zero-order valence-corrected chi connectivity index (χ0v) is 22.0. The first-order valence-electron chi connectivity index (χ1n) is 13.5. The molecule has 3 aliphatic heterocycles. The minimum atomic E-state index is -0.146. The van der Waals surface area contributed by atoms with Gasteiger partial charge in [-0.2, -0.15) is 0 Å². The van der Waals surface area contributed by atoms with Crippen molar-refractivity contribution in [3.05, 3.63) is 59.7 Å². The van der Waals surface area contributed by atoms with Crippen molar-refractivity contribution >= 4 is 11.7 Å². The van der Waals surface area contributed by atoms with Gasteiger partial charge in [0, 0.05) is 44.3 Å². The van der Waals surface area contributed by atoms with Gasteiger partial charge in [-0.25, -0.2) is 4.79 Å². The molecule has 1 spiro atoms. The number of rotatable bonds is 8. The summed E-state index contributed by atoms with van der Waals surface area (Å²) in [6.45, 7) is 11.1. The smallest absolute Gasteiger partial charge is 0.325 e. The van der Waals surface area contributed by atoms with Crippen LogP contribution in [0.3, 0.4) is 0 Å². The number of ether oxygens (including phenoxy) is 1. The van der Waals surface area contributed by atoms with Crippen molar-refractivity contribution < 1.29 is 9.53 Å². The molecular weight excluding hydrogens is 450 g/mol. The Balaban J connectivity index is 1.37. The number of nitrogens with one attached hydrogen (secondary N) is 2. The molecule has 2 aromatic carbocycles. The molecule has 194 valence electrons. The Hall–Kier alpha value is -2.61. The fraction of sp³-hybridized carbons (Fsp3) is 0.552. The maximum Gasteiger partial charge on any atom is 0.325 e. The number of carbonyl (C=O) groups excluding carboxylic acids is 1. The summed E-state index contributed by atoms with van der Waals surface area (Å²) in [5, 5.41) is 0. The van der Waals surface area contributed by atoms with Gasteiger partial charge in [0.1, 0.15) is 5.75 Å². The highest BCUT2D eigenvalue weighted by atomic mass is 16.5. The topological polar surface area (TPSA) is 60.1 Å². The molecule has 2 aromatic rings. The van der Waals surface area contributed by atoms with Crippen molar-refractivity contribution in [2.75, 3.05) is 51.3 Å². The van der Waals surface area contributed by atoms with Gasteiger partial charge in [-0.1, -0.05) is 38.1 Å². The van der Waals surface area contributed by atoms with E-state index in [2.05, 4.69) is 70.9 Å². The van der Waals surface area contributed by atoms with E-state index < -0.39 is 0 Å². The van der Waals surface area contributed by atoms with E-state index in [1.807, 2.05) is 17.0 Å². The van der Waals surface area contributed by atoms with Gasteiger partial charge in [0.2, 0.25) is 0 Å². The molecule has 36 heavy (non-hydrogen) atoms. The zero-order chi connectivity index (χ0) is 25.1. The standard InChI is InChI=1S/C29H41N5O2/c1-22(2)11-14-32-15-12-29(13-16-32)21-33(26-9-7-24(8-10-26)25-18-30-31-19-25)28(35)34(29)20-23-5-4-6-27(17-23)36-3/h4-10,17,22,25,30-31H,11-16,18-21H2,1-3H3. The summed E-state index contributed by atoms with van der Waals surface area (Å²) in [6, 6.07) is 16.9. The second-order valence-corrected chi connectivity index (χ2v) is 11.1. The predicted octanol–water partition coefficient (Wildman–Crippen LogP) is 4.21. The second-order valence-electron chi connectivity index (χ2n) is 11.1. The number of benzene rings is 2. The highest BCUT2D eigenvalue weighted by Gasteiger charge is 2.51. The van der Waals surface area contributed by atoms with Crippen molar-refractivity contribution in [2.24, 2.45) is 5.92 Å². The van der Waals surface area contributed by atoms with Crippen LogP contribution in [0.5, 0.6) is 5.75 Å². The quantitative estimate of drug-likeness (QED) is 0.579. The van der Waals surface area contributed by atoms with Gasteiger partial charge in [-0.3, -0.25) is 15.8 Å². The Morgan fingerprint density at radius 2 is 1.78 bits per heavy atom. The first-order chi connectivity index (χ1) is 17.5. The van der Waals surface area contributed by atoms with Crippen LogP contribution in [0.2, 0.25) is 0 Å². The average molecular weight is 492 g/mol. The van der Waals surface area contributed by atoms with Gasteiger partial charge in [-0.05, 0) is 67.1 Å². The minimum Gasteiger partial charge on any atom is -0.497 e. The molecule has 0 atom stereocenters. The second kappa shape index (κ2) is 10.8. The molecule has 0 unspecified atom stereocenters. The van der Waals surface area contributed by atoms with Gasteiger partial charge >= 0.3 is 6.03 Å². The monoisotopic (exact) mass is 491 g/mol. The number of amides is 2. The molecular formula is C29H41N5O2. The molecule has 2 N–H and O–H groups in total. The maximum atomic E-state index is 14.0. The van der Waals surface area contributed by atoms with Crippen LogP contribution < -0.4 is 20.5 Å². The van der Waals surface area contributed by atoms with Crippen molar-refractivity contribution in [3.8, 4) is 5.75 Å². The van der Waals surface area contributed by atoms with Crippen LogP contribution in [0.25, 0.3) is 0 Å². The summed E-state index contributed by atoms with van der Waals surface area (Å²) in [4.78, 5) is 20.7. The molecule has 0 saturated carbocycles. The minimum absolute atomic E-state index is 0.116. The van der Waals surface area contributed by atoms with E-state index in [9.17, 15) is 4.79 Å². The van der Waals surface area contributed by atoms with Crippen LogP contribution in [0.4, 0.5) is 10.5 Å². The molecule has 2 amide bonds. The molecule has 3 heterocycles. The SMILES string of the molecule is COc1cccc(CN2C(=O)N(c3ccc(C4CNNC4)cc3)CC23CCN(CCC(C)C)CC3)c1. The number of hydrogen-bond donors (Lipinski definition) is 2. The number of methoxy groups -OCH3 is 1. The molecule has 7 nitrogen and oxygen atoms in total. The van der Waals surface area contributed by atoms with Gasteiger partial charge in [0.15, 0.2) is 0 Å². The van der Waals surface area contributed by atoms with E-state index in [4.69, 9.17) is 4.74 Å². The summed E-state index contributed by atoms with van der Waals surface area (Å²) in [5.74, 6) is 2.02. The van der Waals surface area contributed by atoms with Crippen molar-refractivity contribution in [1.82, 2.24) is 20.7 Å². The van der Waals surface area contributed by atoms with Crippen molar-refractivity contribution in [1.29, 1.82) is 0 Å². The average Bonchev–Trinajstić information content (AvgIpc) is 3.53. The van der Waals surface area contributed by atoms with Crippen LogP contribution in [-0.2, 0) is 6.54 Å². The van der Waals surface area contributed by atoms with Crippen LogP contribution >= 0.6 is 0 Å². The van der Waals surface area contributed by atoms with E-state index >= 15 is 0 Å². The maximum absolute atomic E-state index is 14.0. The van der Waals surface area contributed by atoms with Crippen LogP contribution in [0.1, 0.15) is 50.2 Å². The molecule has 0 aliphatic carbocycles. The highest BCUT2D eigenvalue weighted by Crippen LogP contribution is 2.40. The fourth-order valence-electron chi connectivity index (χ4n) is 5.87. The lowest BCUT2D eigenvalue weighted by molar-refractivity contribution is 0.0702. The summed E-state index contributed by atoms with van der Waals surface area (Å²) in [7, 11) is 1.69. The molecule has 0 radical (unpaired) electrons. The largest absolute Gasteiger partial charge is 0.497 e. The normalized spacial score (nSPS) is 20.7. The summed E-state index contributed by atoms with van der Waals surface area (Å²) in [6.07, 6.45) is 3.24. The molecule has 5 rings (SSSR count). The third-order valence-electron chi connectivity index (χ3n) is 8.27. The number of piperidine rings is 1. The van der Waals surface area contributed by atoms with Crippen LogP contribution in [-0.4, -0.2) is 67.7 Å². The Kier molecular flexibility index (Phi) is 7.51. The van der Waals surface area contributed by atoms with E-state index in [1.54, 1.807) is 7.11 Å². The molecule has 3 fully saturated rings. The zero-order valence-electron chi connectivity index (χ0n) is 22.0. The number of hydrazine groups is 1. The molecule has 0 bridgehead atoms. The number of likely N-dealkylation sites (tertiary alicyclic amines) is 1. The molecule has 7 heteroatoms. The van der Waals surface area contributed by atoms with Gasteiger partial charge in [0.25, 0.3) is 0 Å². The van der Waals surface area contributed by atoms with Gasteiger partial charge < -0.3 is 14.5 Å². The lowest BCUT2D eigenvalue weighted by atomic mass is 9.86. The third-order valence-corrected chi connectivity index (χ3v) is 8.27. The summed E-state index contributed by atoms with van der Waals surface area (Å²) in [5.41, 5.74) is 9.69. The van der Waals surface area contributed by atoms with E-state index in [1.165, 1.54) is 12.0 Å². The number of urea groups is 1. The van der Waals surface area contributed by atoms with Crippen molar-refractivity contribution in [2.45, 2.75) is 51.1 Å². The molecule has 3 aliphatic rings.